The summed E-state index contributed by atoms with van der Waals surface area (Å²) in [5.41, 5.74) is 0.809. The van der Waals surface area contributed by atoms with E-state index in [1.165, 1.54) is 10.5 Å². The van der Waals surface area contributed by atoms with Gasteiger partial charge in [0.25, 0.3) is 0 Å². The third-order valence-electron chi connectivity index (χ3n) is 2.96. The zero-order valence-electron chi connectivity index (χ0n) is 11.9. The Morgan fingerprint density at radius 1 is 1.50 bits per heavy atom. The molecule has 18 heavy (non-hydrogen) atoms. The monoisotopic (exact) mass is 269 g/mol. The molecule has 0 aromatic heterocycles. The number of thioether (sulfide) groups is 1. The van der Waals surface area contributed by atoms with Crippen LogP contribution in [0.2, 0.25) is 0 Å². The summed E-state index contributed by atoms with van der Waals surface area (Å²) in [6.07, 6.45) is 5.48. The highest BCUT2D eigenvalue weighted by molar-refractivity contribution is 8.02. The summed E-state index contributed by atoms with van der Waals surface area (Å²) in [4.78, 5) is 15.0. The summed E-state index contributed by atoms with van der Waals surface area (Å²) in [5, 5.41) is 0. The van der Waals surface area contributed by atoms with E-state index in [1.54, 1.807) is 16.7 Å². The molecule has 0 radical (unpaired) electrons. The summed E-state index contributed by atoms with van der Waals surface area (Å²) in [7, 11) is 1.81. The van der Waals surface area contributed by atoms with Crippen LogP contribution in [0.1, 0.15) is 33.6 Å². The van der Waals surface area contributed by atoms with Crippen molar-refractivity contribution >= 4 is 17.9 Å². The number of carbonyl (C=O) groups is 1. The molecule has 0 N–H and O–H groups in total. The van der Waals surface area contributed by atoms with Gasteiger partial charge in [0.15, 0.2) is 0 Å². The third-order valence-corrected chi connectivity index (χ3v) is 3.88. The minimum absolute atomic E-state index is 0.190. The van der Waals surface area contributed by atoms with Crippen LogP contribution >= 0.6 is 11.8 Å². The molecule has 1 aliphatic rings. The fourth-order valence-electron chi connectivity index (χ4n) is 1.95. The predicted molar refractivity (Wildman–Crippen MR) is 77.8 cm³/mol. The first kappa shape index (κ1) is 15.2. The minimum atomic E-state index is -0.443. The van der Waals surface area contributed by atoms with Crippen LogP contribution in [0.4, 0.5) is 4.79 Å². The fourth-order valence-corrected chi connectivity index (χ4v) is 2.74. The Kier molecular flexibility index (Phi) is 4.91. The van der Waals surface area contributed by atoms with Crippen molar-refractivity contribution in [2.45, 2.75) is 45.3 Å². The molecule has 102 valence electrons. The molecule has 0 spiro atoms. The highest BCUT2D eigenvalue weighted by Gasteiger charge is 2.30. The minimum Gasteiger partial charge on any atom is -0.444 e. The first-order chi connectivity index (χ1) is 8.28. The Bertz CT molecular complexity index is 368. The van der Waals surface area contributed by atoms with Gasteiger partial charge in [-0.1, -0.05) is 12.7 Å². The number of carbonyl (C=O) groups excluding carboxylic acids is 1. The average Bonchev–Trinajstić information content (AvgIpc) is 2.68. The van der Waals surface area contributed by atoms with E-state index in [0.29, 0.717) is 0 Å². The number of rotatable bonds is 3. The topological polar surface area (TPSA) is 29.5 Å². The van der Waals surface area contributed by atoms with Crippen molar-refractivity contribution in [1.29, 1.82) is 0 Å². The first-order valence-corrected chi connectivity index (χ1v) is 7.35. The van der Waals surface area contributed by atoms with Crippen LogP contribution < -0.4 is 0 Å². The van der Waals surface area contributed by atoms with Crippen LogP contribution in [-0.2, 0) is 4.74 Å². The molecule has 0 saturated heterocycles. The zero-order chi connectivity index (χ0) is 13.9. The van der Waals surface area contributed by atoms with Gasteiger partial charge in [0.05, 0.1) is 0 Å². The Labute approximate surface area is 114 Å². The van der Waals surface area contributed by atoms with Crippen molar-refractivity contribution in [3.8, 4) is 0 Å². The first-order valence-electron chi connectivity index (χ1n) is 6.12. The summed E-state index contributed by atoms with van der Waals surface area (Å²) in [6.45, 7) is 9.48. The Morgan fingerprint density at radius 3 is 2.50 bits per heavy atom. The van der Waals surface area contributed by atoms with E-state index in [9.17, 15) is 4.79 Å². The molecular weight excluding hydrogens is 246 g/mol. The fraction of sp³-hybridized carbons (Fsp3) is 0.643. The van der Waals surface area contributed by atoms with Gasteiger partial charge in [0, 0.05) is 13.1 Å². The molecule has 1 atom stereocenters. The van der Waals surface area contributed by atoms with Crippen LogP contribution in [0.3, 0.4) is 0 Å². The highest BCUT2D eigenvalue weighted by Crippen LogP contribution is 2.36. The SMILES string of the molecule is C=CC1=C(SC)CC(N(C)C(=O)OC(C)(C)C)C1. The van der Waals surface area contributed by atoms with Crippen LogP contribution in [0, 0.1) is 0 Å². The van der Waals surface area contributed by atoms with Gasteiger partial charge in [0.2, 0.25) is 0 Å². The maximum Gasteiger partial charge on any atom is 0.410 e. The normalized spacial score (nSPS) is 19.9. The number of hydrogen-bond donors (Lipinski definition) is 0. The van der Waals surface area contributed by atoms with E-state index in [-0.39, 0.29) is 12.1 Å². The Hall–Kier alpha value is -0.900. The van der Waals surface area contributed by atoms with Crippen molar-refractivity contribution < 1.29 is 9.53 Å². The lowest BCUT2D eigenvalue weighted by atomic mass is 10.1. The Morgan fingerprint density at radius 2 is 2.11 bits per heavy atom. The number of allylic oxidation sites excluding steroid dienone is 1. The molecule has 1 aliphatic carbocycles. The highest BCUT2D eigenvalue weighted by atomic mass is 32.2. The maximum atomic E-state index is 12.0. The van der Waals surface area contributed by atoms with Gasteiger partial charge in [-0.25, -0.2) is 4.79 Å². The summed E-state index contributed by atoms with van der Waals surface area (Å²) in [5.74, 6) is 0. The average molecular weight is 269 g/mol. The van der Waals surface area contributed by atoms with Gasteiger partial charge < -0.3 is 9.64 Å². The molecule has 1 amide bonds. The Balaban J connectivity index is 2.64. The summed E-state index contributed by atoms with van der Waals surface area (Å²) < 4.78 is 5.39. The molecule has 1 unspecified atom stereocenters. The molecule has 0 saturated carbocycles. The lowest BCUT2D eigenvalue weighted by molar-refractivity contribution is 0.0230. The number of nitrogens with zero attached hydrogens (tertiary/aromatic N) is 1. The van der Waals surface area contributed by atoms with Gasteiger partial charge in [-0.05, 0) is 50.3 Å². The predicted octanol–water partition coefficient (Wildman–Crippen LogP) is 3.82. The second-order valence-corrected chi connectivity index (χ2v) is 6.41. The van der Waals surface area contributed by atoms with Gasteiger partial charge in [0.1, 0.15) is 5.60 Å². The quantitative estimate of drug-likeness (QED) is 0.780. The number of hydrogen-bond acceptors (Lipinski definition) is 3. The van der Waals surface area contributed by atoms with Gasteiger partial charge in [-0.3, -0.25) is 0 Å². The van der Waals surface area contributed by atoms with Crippen molar-refractivity contribution in [1.82, 2.24) is 4.90 Å². The maximum absolute atomic E-state index is 12.0. The standard InChI is InChI=1S/C14H23NO2S/c1-7-10-8-11(9-12(10)18-6)15(5)13(16)17-14(2,3)4/h7,11H,1,8-9H2,2-6H3. The summed E-state index contributed by atoms with van der Waals surface area (Å²) >= 11 is 1.74. The van der Waals surface area contributed by atoms with E-state index >= 15 is 0 Å². The van der Waals surface area contributed by atoms with Crippen LogP contribution in [-0.4, -0.2) is 35.9 Å². The van der Waals surface area contributed by atoms with E-state index in [1.807, 2.05) is 33.9 Å². The molecule has 4 heteroatoms. The van der Waals surface area contributed by atoms with Crippen molar-refractivity contribution in [3.05, 3.63) is 23.1 Å². The largest absolute Gasteiger partial charge is 0.444 e. The molecule has 0 heterocycles. The molecule has 0 fully saturated rings. The van der Waals surface area contributed by atoms with Crippen LogP contribution in [0.15, 0.2) is 23.1 Å². The summed E-state index contributed by atoms with van der Waals surface area (Å²) in [6, 6.07) is 0.190. The molecule has 1 rings (SSSR count). The van der Waals surface area contributed by atoms with Crippen LogP contribution in [0.5, 0.6) is 0 Å². The van der Waals surface area contributed by atoms with Crippen LogP contribution in [0.25, 0.3) is 0 Å². The third kappa shape index (κ3) is 3.80. The van der Waals surface area contributed by atoms with E-state index in [2.05, 4.69) is 12.8 Å². The van der Waals surface area contributed by atoms with E-state index in [4.69, 9.17) is 4.74 Å². The zero-order valence-corrected chi connectivity index (χ0v) is 12.8. The molecule has 0 bridgehead atoms. The second-order valence-electron chi connectivity index (χ2n) is 5.51. The second kappa shape index (κ2) is 5.83. The lowest BCUT2D eigenvalue weighted by Gasteiger charge is -2.28. The van der Waals surface area contributed by atoms with Crippen molar-refractivity contribution in [3.63, 3.8) is 0 Å². The molecular formula is C14H23NO2S. The smallest absolute Gasteiger partial charge is 0.410 e. The molecule has 3 nitrogen and oxygen atoms in total. The van der Waals surface area contributed by atoms with Crippen molar-refractivity contribution in [2.24, 2.45) is 0 Å². The number of amides is 1. The van der Waals surface area contributed by atoms with Gasteiger partial charge in [-0.2, -0.15) is 0 Å². The van der Waals surface area contributed by atoms with Gasteiger partial charge >= 0.3 is 6.09 Å². The van der Waals surface area contributed by atoms with E-state index in [0.717, 1.165) is 12.8 Å². The molecule has 0 aliphatic heterocycles. The van der Waals surface area contributed by atoms with Crippen molar-refractivity contribution in [2.75, 3.05) is 13.3 Å². The van der Waals surface area contributed by atoms with Gasteiger partial charge in [-0.15, -0.1) is 11.8 Å². The van der Waals surface area contributed by atoms with E-state index < -0.39 is 5.60 Å². The lowest BCUT2D eigenvalue weighted by Crippen LogP contribution is -2.39. The number of ether oxygens (including phenoxy) is 1. The molecule has 0 aromatic rings. The molecule has 0 aromatic carbocycles.